The minimum atomic E-state index is 0.250. The van der Waals surface area contributed by atoms with Gasteiger partial charge in [-0.25, -0.2) is 0 Å². The maximum atomic E-state index is 8.78. The van der Waals surface area contributed by atoms with Crippen LogP contribution in [0.1, 0.15) is 35.2 Å². The second kappa shape index (κ2) is 6.12. The van der Waals surface area contributed by atoms with Crippen molar-refractivity contribution in [3.63, 3.8) is 0 Å². The molecule has 0 aliphatic rings. The molecule has 0 radical (unpaired) electrons. The summed E-state index contributed by atoms with van der Waals surface area (Å²) < 4.78 is 0. The fraction of sp³-hybridized carbons (Fsp3) is 0.250. The Balaban J connectivity index is 1.99. The molecule has 2 aromatic rings. The first-order valence-electron chi connectivity index (χ1n) is 6.33. The van der Waals surface area contributed by atoms with Crippen LogP contribution in [0.5, 0.6) is 0 Å². The van der Waals surface area contributed by atoms with Crippen LogP contribution in [0.4, 0.5) is 0 Å². The topological polar surface area (TPSA) is 48.7 Å². The maximum Gasteiger partial charge on any atom is 0.0991 e. The van der Waals surface area contributed by atoms with Crippen molar-refractivity contribution in [3.8, 4) is 6.07 Å². The van der Waals surface area contributed by atoms with Crippen LogP contribution in [0.2, 0.25) is 0 Å². The number of nitriles is 1. The molecule has 1 N–H and O–H groups in total. The van der Waals surface area contributed by atoms with E-state index in [1.165, 1.54) is 16.7 Å². The summed E-state index contributed by atoms with van der Waals surface area (Å²) in [6, 6.07) is 12.1. The summed E-state index contributed by atoms with van der Waals surface area (Å²) in [6.07, 6.45) is 3.69. The first kappa shape index (κ1) is 13.3. The van der Waals surface area contributed by atoms with Crippen LogP contribution in [-0.2, 0) is 6.54 Å². The zero-order chi connectivity index (χ0) is 13.7. The molecule has 1 heterocycles. The summed E-state index contributed by atoms with van der Waals surface area (Å²) in [6.45, 7) is 5.00. The van der Waals surface area contributed by atoms with Gasteiger partial charge in [-0.3, -0.25) is 4.98 Å². The minimum Gasteiger partial charge on any atom is -0.306 e. The third-order valence-electron chi connectivity index (χ3n) is 3.27. The minimum absolute atomic E-state index is 0.250. The normalized spacial score (nSPS) is 11.8. The lowest BCUT2D eigenvalue weighted by atomic mass is 10.1. The molecule has 19 heavy (non-hydrogen) atoms. The summed E-state index contributed by atoms with van der Waals surface area (Å²) in [5, 5.41) is 12.3. The van der Waals surface area contributed by atoms with E-state index in [1.807, 2.05) is 42.7 Å². The molecule has 1 aromatic heterocycles. The zero-order valence-corrected chi connectivity index (χ0v) is 11.2. The Bertz CT molecular complexity index is 582. The number of nitrogens with zero attached hydrogens (tertiary/aromatic N) is 2. The number of aromatic nitrogens is 1. The molecule has 0 aliphatic carbocycles. The lowest BCUT2D eigenvalue weighted by molar-refractivity contribution is 0.573. The van der Waals surface area contributed by atoms with Crippen molar-refractivity contribution in [2.24, 2.45) is 0 Å². The standard InChI is InChI=1S/C16H17N3/c1-12-10-18-8-7-16(12)11-19-13(2)15-5-3-14(9-17)4-6-15/h3-8,10,13,19H,11H2,1-2H3. The van der Waals surface area contributed by atoms with Crippen LogP contribution >= 0.6 is 0 Å². The first-order valence-corrected chi connectivity index (χ1v) is 6.33. The highest BCUT2D eigenvalue weighted by atomic mass is 14.9. The van der Waals surface area contributed by atoms with Crippen LogP contribution in [0, 0.1) is 18.3 Å². The van der Waals surface area contributed by atoms with E-state index in [9.17, 15) is 0 Å². The summed E-state index contributed by atoms with van der Waals surface area (Å²) >= 11 is 0. The zero-order valence-electron chi connectivity index (χ0n) is 11.2. The highest BCUT2D eigenvalue weighted by Crippen LogP contribution is 2.14. The van der Waals surface area contributed by atoms with Gasteiger partial charge in [0.05, 0.1) is 11.6 Å². The summed E-state index contributed by atoms with van der Waals surface area (Å²) in [4.78, 5) is 4.09. The van der Waals surface area contributed by atoms with Crippen LogP contribution in [0.15, 0.2) is 42.7 Å². The van der Waals surface area contributed by atoms with E-state index in [2.05, 4.69) is 30.2 Å². The average molecular weight is 251 g/mol. The number of pyridine rings is 1. The Kier molecular flexibility index (Phi) is 4.27. The Labute approximate surface area is 113 Å². The molecule has 1 aromatic carbocycles. The van der Waals surface area contributed by atoms with E-state index in [-0.39, 0.29) is 6.04 Å². The van der Waals surface area contributed by atoms with E-state index < -0.39 is 0 Å². The molecule has 0 aliphatic heterocycles. The van der Waals surface area contributed by atoms with E-state index in [4.69, 9.17) is 5.26 Å². The van der Waals surface area contributed by atoms with E-state index in [0.29, 0.717) is 5.56 Å². The quantitative estimate of drug-likeness (QED) is 0.908. The van der Waals surface area contributed by atoms with E-state index in [0.717, 1.165) is 6.54 Å². The number of benzene rings is 1. The van der Waals surface area contributed by atoms with Gasteiger partial charge in [0.2, 0.25) is 0 Å². The second-order valence-electron chi connectivity index (χ2n) is 4.64. The second-order valence-corrected chi connectivity index (χ2v) is 4.64. The van der Waals surface area contributed by atoms with Gasteiger partial charge in [-0.05, 0) is 48.7 Å². The summed E-state index contributed by atoms with van der Waals surface area (Å²) in [5.74, 6) is 0. The molecule has 0 spiro atoms. The largest absolute Gasteiger partial charge is 0.306 e. The Hall–Kier alpha value is -2.18. The van der Waals surface area contributed by atoms with Crippen molar-refractivity contribution >= 4 is 0 Å². The average Bonchev–Trinajstić information content (AvgIpc) is 2.46. The van der Waals surface area contributed by atoms with Gasteiger partial charge in [0, 0.05) is 25.0 Å². The summed E-state index contributed by atoms with van der Waals surface area (Å²) in [5.41, 5.74) is 4.34. The van der Waals surface area contributed by atoms with Crippen molar-refractivity contribution in [2.75, 3.05) is 0 Å². The van der Waals surface area contributed by atoms with Crippen molar-refractivity contribution in [1.82, 2.24) is 10.3 Å². The number of nitrogens with one attached hydrogen (secondary N) is 1. The van der Waals surface area contributed by atoms with Crippen LogP contribution in [0.25, 0.3) is 0 Å². The number of hydrogen-bond acceptors (Lipinski definition) is 3. The van der Waals surface area contributed by atoms with Crippen molar-refractivity contribution in [3.05, 3.63) is 65.0 Å². The van der Waals surface area contributed by atoms with Gasteiger partial charge in [0.15, 0.2) is 0 Å². The monoisotopic (exact) mass is 251 g/mol. The highest BCUT2D eigenvalue weighted by molar-refractivity contribution is 5.32. The van der Waals surface area contributed by atoms with Crippen molar-refractivity contribution in [1.29, 1.82) is 5.26 Å². The molecule has 2 rings (SSSR count). The van der Waals surface area contributed by atoms with Gasteiger partial charge < -0.3 is 5.32 Å². The molecule has 3 heteroatoms. The molecule has 0 bridgehead atoms. The fourth-order valence-electron chi connectivity index (χ4n) is 1.93. The summed E-state index contributed by atoms with van der Waals surface area (Å²) in [7, 11) is 0. The van der Waals surface area contributed by atoms with E-state index in [1.54, 1.807) is 0 Å². The highest BCUT2D eigenvalue weighted by Gasteiger charge is 2.05. The molecule has 0 saturated carbocycles. The Morgan fingerprint density at radius 3 is 2.63 bits per heavy atom. The molecular weight excluding hydrogens is 234 g/mol. The third-order valence-corrected chi connectivity index (χ3v) is 3.27. The lowest BCUT2D eigenvalue weighted by Gasteiger charge is -2.15. The first-order chi connectivity index (χ1) is 9.20. The molecular formula is C16H17N3. The predicted molar refractivity (Wildman–Crippen MR) is 75.4 cm³/mol. The van der Waals surface area contributed by atoms with Gasteiger partial charge in [-0.2, -0.15) is 5.26 Å². The van der Waals surface area contributed by atoms with Crippen LogP contribution < -0.4 is 5.32 Å². The number of aryl methyl sites for hydroxylation is 1. The van der Waals surface area contributed by atoms with Crippen LogP contribution in [0.3, 0.4) is 0 Å². The molecule has 96 valence electrons. The van der Waals surface area contributed by atoms with Gasteiger partial charge in [0.1, 0.15) is 0 Å². The van der Waals surface area contributed by atoms with Crippen LogP contribution in [-0.4, -0.2) is 4.98 Å². The molecule has 3 nitrogen and oxygen atoms in total. The van der Waals surface area contributed by atoms with Crippen molar-refractivity contribution < 1.29 is 0 Å². The molecule has 0 fully saturated rings. The SMILES string of the molecule is Cc1cnccc1CNC(C)c1ccc(C#N)cc1. The lowest BCUT2D eigenvalue weighted by Crippen LogP contribution is -2.18. The van der Waals surface area contributed by atoms with Crippen molar-refractivity contribution in [2.45, 2.75) is 26.4 Å². The smallest absolute Gasteiger partial charge is 0.0991 e. The number of rotatable bonds is 4. The number of hydrogen-bond donors (Lipinski definition) is 1. The van der Waals surface area contributed by atoms with Gasteiger partial charge >= 0.3 is 0 Å². The molecule has 0 amide bonds. The molecule has 0 saturated heterocycles. The molecule has 1 atom stereocenters. The van der Waals surface area contributed by atoms with Gasteiger partial charge in [-0.1, -0.05) is 12.1 Å². The molecule has 1 unspecified atom stereocenters. The predicted octanol–water partition coefficient (Wildman–Crippen LogP) is 3.11. The van der Waals surface area contributed by atoms with Gasteiger partial charge in [0.25, 0.3) is 0 Å². The fourth-order valence-corrected chi connectivity index (χ4v) is 1.93. The van der Waals surface area contributed by atoms with Gasteiger partial charge in [-0.15, -0.1) is 0 Å². The Morgan fingerprint density at radius 2 is 2.00 bits per heavy atom. The van der Waals surface area contributed by atoms with E-state index >= 15 is 0 Å². The Morgan fingerprint density at radius 1 is 1.26 bits per heavy atom. The maximum absolute atomic E-state index is 8.78. The third kappa shape index (κ3) is 3.40.